The molecule has 1 atom stereocenters. The van der Waals surface area contributed by atoms with Gasteiger partial charge in [0.15, 0.2) is 11.5 Å². The number of rotatable bonds is 11. The normalized spacial score (nSPS) is 15.0. The molecule has 0 saturated carbocycles. The van der Waals surface area contributed by atoms with Crippen molar-refractivity contribution >= 4 is 23.9 Å². The number of pyridine rings is 1. The van der Waals surface area contributed by atoms with E-state index in [0.29, 0.717) is 31.6 Å². The summed E-state index contributed by atoms with van der Waals surface area (Å²) in [7, 11) is 0. The molecule has 10 nitrogen and oxygen atoms in total. The minimum Gasteiger partial charge on any atom is -0.465 e. The Kier molecular flexibility index (Phi) is 8.32. The first-order valence-electron chi connectivity index (χ1n) is 12.4. The van der Waals surface area contributed by atoms with Crippen molar-refractivity contribution in [2.75, 3.05) is 13.1 Å². The lowest BCUT2D eigenvalue weighted by Gasteiger charge is -2.28. The van der Waals surface area contributed by atoms with Gasteiger partial charge in [0.25, 0.3) is 5.91 Å². The molecule has 0 aliphatic carbocycles. The van der Waals surface area contributed by atoms with E-state index in [1.54, 1.807) is 24.4 Å². The van der Waals surface area contributed by atoms with E-state index >= 15 is 0 Å². The van der Waals surface area contributed by atoms with Crippen LogP contribution in [0.2, 0.25) is 0 Å². The van der Waals surface area contributed by atoms with E-state index in [2.05, 4.69) is 20.9 Å². The quantitative estimate of drug-likeness (QED) is 0.248. The number of guanidine groups is 1. The average molecular weight is 515 g/mol. The van der Waals surface area contributed by atoms with Crippen molar-refractivity contribution in [3.63, 3.8) is 0 Å². The summed E-state index contributed by atoms with van der Waals surface area (Å²) in [6.45, 7) is 0.594. The molecule has 1 saturated heterocycles. The van der Waals surface area contributed by atoms with E-state index in [4.69, 9.17) is 10.5 Å². The van der Waals surface area contributed by atoms with Gasteiger partial charge in [-0.3, -0.25) is 24.9 Å². The summed E-state index contributed by atoms with van der Waals surface area (Å²) in [5, 5.41) is 25.8. The predicted molar refractivity (Wildman–Crippen MR) is 141 cm³/mol. The lowest BCUT2D eigenvalue weighted by Crippen LogP contribution is -2.48. The molecule has 3 aromatic rings. The van der Waals surface area contributed by atoms with Crippen molar-refractivity contribution in [2.24, 2.45) is 0 Å². The molecule has 5 N–H and O–H groups in total. The van der Waals surface area contributed by atoms with Crippen LogP contribution in [-0.2, 0) is 21.5 Å². The molecule has 196 valence electrons. The van der Waals surface area contributed by atoms with Crippen LogP contribution in [0.5, 0.6) is 0 Å². The van der Waals surface area contributed by atoms with Crippen molar-refractivity contribution in [1.82, 2.24) is 25.8 Å². The van der Waals surface area contributed by atoms with Crippen molar-refractivity contribution in [2.45, 2.75) is 30.8 Å². The van der Waals surface area contributed by atoms with Gasteiger partial charge in [0.2, 0.25) is 5.91 Å². The van der Waals surface area contributed by atoms with Gasteiger partial charge >= 0.3 is 6.09 Å². The Morgan fingerprint density at radius 3 is 2.18 bits per heavy atom. The van der Waals surface area contributed by atoms with Gasteiger partial charge in [0.1, 0.15) is 6.04 Å². The first kappa shape index (κ1) is 26.3. The Bertz CT molecular complexity index is 1230. The van der Waals surface area contributed by atoms with Gasteiger partial charge in [0.05, 0.1) is 0 Å². The molecule has 0 bridgehead atoms. The maximum atomic E-state index is 13.8. The molecule has 38 heavy (non-hydrogen) atoms. The molecule has 1 aromatic heterocycles. The number of carbonyl (C=O) groups excluding carboxylic acids is 2. The second-order valence-electron chi connectivity index (χ2n) is 8.94. The smallest absolute Gasteiger partial charge is 0.405 e. The van der Waals surface area contributed by atoms with Gasteiger partial charge in [-0.2, -0.15) is 0 Å². The van der Waals surface area contributed by atoms with Crippen LogP contribution >= 0.6 is 0 Å². The summed E-state index contributed by atoms with van der Waals surface area (Å²) < 4.78 is 0. The second kappa shape index (κ2) is 12.0. The summed E-state index contributed by atoms with van der Waals surface area (Å²) in [5.41, 5.74) is 0.913. The highest BCUT2D eigenvalue weighted by atomic mass is 16.4. The fourth-order valence-corrected chi connectivity index (χ4v) is 4.57. The van der Waals surface area contributed by atoms with E-state index < -0.39 is 23.6 Å². The molecule has 2 heterocycles. The van der Waals surface area contributed by atoms with Crippen LogP contribution in [0, 0.1) is 5.41 Å². The molecule has 2 aromatic carbocycles. The lowest BCUT2D eigenvalue weighted by atomic mass is 9.82. The number of hydrogen-bond acceptors (Lipinski definition) is 5. The number of nitrogens with zero attached hydrogens (tertiary/aromatic N) is 2. The Morgan fingerprint density at radius 2 is 1.61 bits per heavy atom. The molecule has 4 rings (SSSR count). The third-order valence-electron chi connectivity index (χ3n) is 6.42. The molecule has 10 heteroatoms. The molecule has 1 unspecified atom stereocenters. The maximum absolute atomic E-state index is 13.8. The highest BCUT2D eigenvalue weighted by molar-refractivity contribution is 6.10. The first-order chi connectivity index (χ1) is 18.4. The van der Waals surface area contributed by atoms with Crippen LogP contribution in [0.15, 0.2) is 85.1 Å². The number of unbranched alkanes of at least 4 members (excludes halogenated alkanes) is 1. The molecule has 0 spiro atoms. The topological polar surface area (TPSA) is 148 Å². The number of carboxylic acid groups (broad SMARTS) is 1. The first-order valence-corrected chi connectivity index (χ1v) is 12.4. The number of carbonyl (C=O) groups is 3. The van der Waals surface area contributed by atoms with Crippen molar-refractivity contribution in [3.8, 4) is 0 Å². The van der Waals surface area contributed by atoms with Crippen LogP contribution in [0.1, 0.15) is 29.7 Å². The summed E-state index contributed by atoms with van der Waals surface area (Å²) >= 11 is 0. The Hall–Kier alpha value is -4.73. The molecular formula is C28H30N6O4. The van der Waals surface area contributed by atoms with Crippen LogP contribution < -0.4 is 16.0 Å². The summed E-state index contributed by atoms with van der Waals surface area (Å²) in [5.74, 6) is -0.658. The molecule has 3 amide bonds. The third kappa shape index (κ3) is 5.80. The fourth-order valence-electron chi connectivity index (χ4n) is 4.57. The van der Waals surface area contributed by atoms with Gasteiger partial charge in [0, 0.05) is 31.4 Å². The minimum absolute atomic E-state index is 0.0211. The van der Waals surface area contributed by atoms with E-state index in [1.165, 1.54) is 4.90 Å². The van der Waals surface area contributed by atoms with Crippen LogP contribution in [-0.4, -0.2) is 58.0 Å². The number of hydrogen-bond donors (Lipinski definition) is 5. The van der Waals surface area contributed by atoms with Crippen LogP contribution in [0.25, 0.3) is 0 Å². The number of aromatic nitrogens is 1. The van der Waals surface area contributed by atoms with E-state index in [0.717, 1.165) is 11.1 Å². The zero-order chi connectivity index (χ0) is 27.0. The standard InChI is InChI=1S/C28H30N6O4/c29-26-33-28(20-11-3-1-4-12-20,21-13-5-2-6-14-21)25(36)34(26)18-10-9-17-31-24(35)23(32-27(37)38)19-22-15-7-8-16-30-22/h1-8,11-16,23,32H,9-10,17-19H2,(H2,29,33)(H,31,35)(H,37,38). The largest absolute Gasteiger partial charge is 0.465 e. The molecule has 1 aliphatic rings. The van der Waals surface area contributed by atoms with E-state index in [-0.39, 0.29) is 18.3 Å². The van der Waals surface area contributed by atoms with Crippen molar-refractivity contribution < 1.29 is 19.5 Å². The van der Waals surface area contributed by atoms with Crippen LogP contribution in [0.3, 0.4) is 0 Å². The highest BCUT2D eigenvalue weighted by Gasteiger charge is 2.51. The van der Waals surface area contributed by atoms with Gasteiger partial charge in [-0.25, -0.2) is 4.79 Å². The van der Waals surface area contributed by atoms with Crippen molar-refractivity contribution in [3.05, 3.63) is 102 Å². The number of nitrogens with one attached hydrogen (secondary N) is 4. The Balaban J connectivity index is 1.35. The maximum Gasteiger partial charge on any atom is 0.405 e. The monoisotopic (exact) mass is 514 g/mol. The molecular weight excluding hydrogens is 484 g/mol. The van der Waals surface area contributed by atoms with Gasteiger partial charge in [-0.1, -0.05) is 66.7 Å². The zero-order valence-electron chi connectivity index (χ0n) is 20.8. The molecule has 1 aliphatic heterocycles. The molecule has 0 radical (unpaired) electrons. The lowest BCUT2D eigenvalue weighted by molar-refractivity contribution is -0.130. The minimum atomic E-state index is -1.29. The summed E-state index contributed by atoms with van der Waals surface area (Å²) in [6, 6.07) is 23.0. The van der Waals surface area contributed by atoms with Gasteiger partial charge in [-0.15, -0.1) is 0 Å². The third-order valence-corrected chi connectivity index (χ3v) is 6.42. The predicted octanol–water partition coefficient (Wildman–Crippen LogP) is 2.47. The fraction of sp³-hybridized carbons (Fsp3) is 0.250. The number of amides is 3. The van der Waals surface area contributed by atoms with E-state index in [1.807, 2.05) is 60.7 Å². The van der Waals surface area contributed by atoms with Crippen molar-refractivity contribution in [1.29, 1.82) is 5.41 Å². The number of benzene rings is 2. The van der Waals surface area contributed by atoms with Gasteiger partial charge in [-0.05, 0) is 36.1 Å². The SMILES string of the molecule is N=C1NC(c2ccccc2)(c2ccccc2)C(=O)N1CCCCNC(=O)C(Cc1ccccn1)NC(=O)O. The van der Waals surface area contributed by atoms with E-state index in [9.17, 15) is 14.4 Å². The zero-order valence-corrected chi connectivity index (χ0v) is 20.8. The average Bonchev–Trinajstić information content (AvgIpc) is 3.19. The summed E-state index contributed by atoms with van der Waals surface area (Å²) in [4.78, 5) is 43.1. The highest BCUT2D eigenvalue weighted by Crippen LogP contribution is 2.35. The van der Waals surface area contributed by atoms with Crippen LogP contribution in [0.4, 0.5) is 4.79 Å². The molecule has 1 fully saturated rings. The summed E-state index contributed by atoms with van der Waals surface area (Å²) in [6.07, 6.45) is 1.50. The Morgan fingerprint density at radius 1 is 0.974 bits per heavy atom. The second-order valence-corrected chi connectivity index (χ2v) is 8.94. The van der Waals surface area contributed by atoms with Gasteiger partial charge < -0.3 is 21.1 Å². The Labute approximate surface area is 220 Å².